The molecule has 17 nitrogen and oxygen atoms in total. The van der Waals surface area contributed by atoms with Crippen molar-refractivity contribution >= 4 is 41.6 Å². The first-order chi connectivity index (χ1) is 30.5. The molecule has 6 rings (SSSR count). The van der Waals surface area contributed by atoms with Crippen LogP contribution >= 0.6 is 0 Å². The molecule has 0 aliphatic carbocycles. The summed E-state index contributed by atoms with van der Waals surface area (Å²) < 4.78 is 51.2. The van der Waals surface area contributed by atoms with Gasteiger partial charge in [0.2, 0.25) is 0 Å². The van der Waals surface area contributed by atoms with Gasteiger partial charge in [0, 0.05) is 76.8 Å². The number of nitrogens with one attached hydrogen (secondary N) is 2. The van der Waals surface area contributed by atoms with Gasteiger partial charge in [0.15, 0.2) is 6.61 Å². The normalized spacial score (nSPS) is 19.1. The Morgan fingerprint density at radius 1 is 1.00 bits per heavy atom. The van der Waals surface area contributed by atoms with E-state index in [0.717, 1.165) is 28.7 Å². The van der Waals surface area contributed by atoms with Crippen LogP contribution in [-0.2, 0) is 44.7 Å². The third-order valence-electron chi connectivity index (χ3n) is 10.8. The molecule has 2 aromatic rings. The molecule has 4 aliphatic heterocycles. The van der Waals surface area contributed by atoms with Crippen molar-refractivity contribution in [3.05, 3.63) is 89.6 Å². The Balaban J connectivity index is 0.000000406. The molecule has 0 bridgehead atoms. The van der Waals surface area contributed by atoms with Crippen molar-refractivity contribution in [1.82, 2.24) is 30.2 Å². The number of amides is 5. The van der Waals surface area contributed by atoms with Gasteiger partial charge >= 0.3 is 18.2 Å². The predicted octanol–water partition coefficient (Wildman–Crippen LogP) is 4.33. The van der Waals surface area contributed by atoms with Crippen LogP contribution in [0.25, 0.3) is 5.70 Å². The van der Waals surface area contributed by atoms with Crippen LogP contribution in [0.2, 0.25) is 0 Å². The molecule has 3 atom stereocenters. The Bertz CT molecular complexity index is 2010. The van der Waals surface area contributed by atoms with E-state index in [1.165, 1.54) is 19.1 Å². The molecule has 4 aliphatic rings. The van der Waals surface area contributed by atoms with Gasteiger partial charge in [-0.05, 0) is 75.6 Å². The maximum absolute atomic E-state index is 15.2. The SMILES string of the molecule is CC(=O)OCC(=O)N(CC1CCN(C(=O)OC(C)(C)C)C1)C(C1CCOCC1)C1NC(c2cc(F)ccc2F)=CN1Cc1ccccc1.O=C(O)NCCOCCN1C(=O)C=CC1=O. The lowest BCUT2D eigenvalue weighted by Crippen LogP contribution is -2.61. The Kier molecular flexibility index (Phi) is 17.6. The highest BCUT2D eigenvalue weighted by molar-refractivity contribution is 6.12. The van der Waals surface area contributed by atoms with E-state index in [0.29, 0.717) is 64.4 Å². The van der Waals surface area contributed by atoms with Gasteiger partial charge in [-0.2, -0.15) is 0 Å². The van der Waals surface area contributed by atoms with Crippen molar-refractivity contribution in [3.8, 4) is 0 Å². The summed E-state index contributed by atoms with van der Waals surface area (Å²) in [5.41, 5.74) is 0.837. The highest BCUT2D eigenvalue weighted by Crippen LogP contribution is 2.35. The minimum Gasteiger partial charge on any atom is -0.465 e. The third-order valence-corrected chi connectivity index (χ3v) is 10.8. The van der Waals surface area contributed by atoms with Gasteiger partial charge < -0.3 is 49.4 Å². The fraction of sp³-hybridized carbons (Fsp3) is 0.511. The summed E-state index contributed by atoms with van der Waals surface area (Å²) in [6.07, 6.45) is 4.12. The molecule has 3 N–H and O–H groups in total. The third kappa shape index (κ3) is 14.5. The summed E-state index contributed by atoms with van der Waals surface area (Å²) in [5.74, 6) is -2.89. The summed E-state index contributed by atoms with van der Waals surface area (Å²) in [6.45, 7) is 9.65. The van der Waals surface area contributed by atoms with E-state index in [1.807, 2.05) is 56.0 Å². The summed E-state index contributed by atoms with van der Waals surface area (Å²) in [4.78, 5) is 77.6. The molecule has 0 saturated carbocycles. The number of carboxylic acid groups (broad SMARTS) is 1. The van der Waals surface area contributed by atoms with Gasteiger partial charge in [-0.25, -0.2) is 18.4 Å². The zero-order chi connectivity index (χ0) is 46.4. The van der Waals surface area contributed by atoms with Crippen LogP contribution < -0.4 is 10.6 Å². The van der Waals surface area contributed by atoms with E-state index in [-0.39, 0.29) is 61.4 Å². The van der Waals surface area contributed by atoms with E-state index in [4.69, 9.17) is 24.1 Å². The summed E-state index contributed by atoms with van der Waals surface area (Å²) >= 11 is 0. The molecule has 19 heteroatoms. The summed E-state index contributed by atoms with van der Waals surface area (Å²) in [5, 5.41) is 13.8. The standard InChI is InChI=1S/C36H46F2N4O6.C9H12N2O5/c1-24(43)47-23-32(44)42(21-26-12-15-40(20-26)35(45)48-36(2,3)4)33(27-13-16-46-17-14-27)34-39-31(29-18-28(37)10-11-30(29)38)22-41(34)19-25-8-6-5-7-9-25;12-7-1-2-8(13)11(7)4-6-16-5-3-10-9(14)15/h5-11,18,22,26-27,33-34,39H,12-17,19-21,23H2,1-4H3;1-2,10H,3-6H2,(H,14,15). The average Bonchev–Trinajstić information content (AvgIpc) is 3.98. The maximum atomic E-state index is 15.2. The van der Waals surface area contributed by atoms with Crippen LogP contribution in [0.3, 0.4) is 0 Å². The Morgan fingerprint density at radius 2 is 1.70 bits per heavy atom. The molecule has 2 fully saturated rings. The topological polar surface area (TPSA) is 197 Å². The van der Waals surface area contributed by atoms with E-state index >= 15 is 4.39 Å². The highest BCUT2D eigenvalue weighted by atomic mass is 19.1. The van der Waals surface area contributed by atoms with Gasteiger partial charge in [0.25, 0.3) is 17.7 Å². The van der Waals surface area contributed by atoms with Gasteiger partial charge in [-0.1, -0.05) is 30.3 Å². The van der Waals surface area contributed by atoms with Gasteiger partial charge in [0.05, 0.1) is 31.5 Å². The fourth-order valence-electron chi connectivity index (χ4n) is 7.86. The maximum Gasteiger partial charge on any atom is 0.410 e. The number of halogens is 2. The fourth-order valence-corrected chi connectivity index (χ4v) is 7.86. The number of benzene rings is 2. The number of imide groups is 1. The van der Waals surface area contributed by atoms with Gasteiger partial charge in [-0.3, -0.25) is 24.1 Å². The van der Waals surface area contributed by atoms with Crippen molar-refractivity contribution in [1.29, 1.82) is 0 Å². The number of carbonyl (C=O) groups excluding carboxylic acids is 5. The smallest absolute Gasteiger partial charge is 0.410 e. The Morgan fingerprint density at radius 3 is 2.36 bits per heavy atom. The first kappa shape index (κ1) is 48.9. The molecule has 3 unspecified atom stereocenters. The van der Waals surface area contributed by atoms with Crippen LogP contribution in [0.1, 0.15) is 58.1 Å². The molecule has 4 heterocycles. The molecule has 5 amide bonds. The second-order valence-electron chi connectivity index (χ2n) is 16.8. The molecular weight excluding hydrogens is 839 g/mol. The van der Waals surface area contributed by atoms with Crippen molar-refractivity contribution in [3.63, 3.8) is 0 Å². The number of esters is 1. The first-order valence-electron chi connectivity index (χ1n) is 21.3. The zero-order valence-corrected chi connectivity index (χ0v) is 36.6. The number of hydrogen-bond acceptors (Lipinski definition) is 12. The van der Waals surface area contributed by atoms with Crippen molar-refractivity contribution < 1.29 is 61.6 Å². The molecule has 2 saturated heterocycles. The second-order valence-corrected chi connectivity index (χ2v) is 16.8. The number of hydrogen-bond donors (Lipinski definition) is 3. The lowest BCUT2D eigenvalue weighted by molar-refractivity contribution is -0.154. The second kappa shape index (κ2) is 23.0. The minimum atomic E-state index is -1.11. The number of carbonyl (C=O) groups is 6. The van der Waals surface area contributed by atoms with Gasteiger partial charge in [-0.15, -0.1) is 0 Å². The van der Waals surface area contributed by atoms with E-state index in [1.54, 1.807) is 16.0 Å². The first-order valence-corrected chi connectivity index (χ1v) is 21.3. The Hall–Kier alpha value is -6.08. The molecule has 0 radical (unpaired) electrons. The van der Waals surface area contributed by atoms with Gasteiger partial charge in [0.1, 0.15) is 23.4 Å². The van der Waals surface area contributed by atoms with Crippen LogP contribution in [-0.4, -0.2) is 144 Å². The zero-order valence-electron chi connectivity index (χ0n) is 36.6. The predicted molar refractivity (Wildman–Crippen MR) is 228 cm³/mol. The monoisotopic (exact) mass is 896 g/mol. The number of ether oxygens (including phenoxy) is 4. The van der Waals surface area contributed by atoms with E-state index < -0.39 is 54.2 Å². The molecule has 0 aromatic heterocycles. The quantitative estimate of drug-likeness (QED) is 0.123. The largest absolute Gasteiger partial charge is 0.465 e. The molecule has 2 aromatic carbocycles. The molecule has 64 heavy (non-hydrogen) atoms. The van der Waals surface area contributed by atoms with Crippen molar-refractivity contribution in [2.24, 2.45) is 11.8 Å². The summed E-state index contributed by atoms with van der Waals surface area (Å²) in [7, 11) is 0. The lowest BCUT2D eigenvalue weighted by Gasteiger charge is -2.45. The van der Waals surface area contributed by atoms with Crippen LogP contribution in [0, 0.1) is 23.5 Å². The summed E-state index contributed by atoms with van der Waals surface area (Å²) in [6, 6.07) is 12.6. The van der Waals surface area contributed by atoms with Crippen LogP contribution in [0.4, 0.5) is 18.4 Å². The van der Waals surface area contributed by atoms with E-state index in [2.05, 4.69) is 10.6 Å². The molecule has 348 valence electrons. The highest BCUT2D eigenvalue weighted by Gasteiger charge is 2.44. The lowest BCUT2D eigenvalue weighted by atomic mass is 9.87. The molecule has 0 spiro atoms. The Labute approximate surface area is 371 Å². The van der Waals surface area contributed by atoms with Crippen LogP contribution in [0.5, 0.6) is 0 Å². The van der Waals surface area contributed by atoms with Crippen molar-refractivity contribution in [2.45, 2.75) is 71.3 Å². The van der Waals surface area contributed by atoms with Crippen molar-refractivity contribution in [2.75, 3.05) is 65.8 Å². The number of nitrogens with zero attached hydrogens (tertiary/aromatic N) is 4. The van der Waals surface area contributed by atoms with Crippen LogP contribution in [0.15, 0.2) is 66.9 Å². The number of likely N-dealkylation sites (tertiary alicyclic amines) is 1. The molecular formula is C45H58F2N6O11. The minimum absolute atomic E-state index is 0.0377. The number of rotatable bonds is 16. The average molecular weight is 897 g/mol. The van der Waals surface area contributed by atoms with E-state index in [9.17, 15) is 33.2 Å².